The van der Waals surface area contributed by atoms with Crippen LogP contribution in [0.5, 0.6) is 0 Å². The smallest absolute Gasteiger partial charge is 0.150 e. The third kappa shape index (κ3) is 1.88. The second kappa shape index (κ2) is 4.17. The van der Waals surface area contributed by atoms with E-state index in [1.165, 1.54) is 5.56 Å². The summed E-state index contributed by atoms with van der Waals surface area (Å²) < 4.78 is 1.94. The molecule has 1 heterocycles. The molecule has 0 atom stereocenters. The van der Waals surface area contributed by atoms with E-state index in [4.69, 9.17) is 0 Å². The Bertz CT molecular complexity index is 582. The van der Waals surface area contributed by atoms with Crippen LogP contribution in [0.3, 0.4) is 0 Å². The third-order valence-electron chi connectivity index (χ3n) is 3.24. The van der Waals surface area contributed by atoms with Gasteiger partial charge in [-0.1, -0.05) is 0 Å². The van der Waals surface area contributed by atoms with Crippen LogP contribution in [0.15, 0.2) is 18.2 Å². The minimum absolute atomic E-state index is 0.699. The Labute approximate surface area is 101 Å². The summed E-state index contributed by atoms with van der Waals surface area (Å²) >= 11 is 0. The van der Waals surface area contributed by atoms with Crippen molar-refractivity contribution in [1.82, 2.24) is 9.78 Å². The first-order chi connectivity index (χ1) is 8.04. The Morgan fingerprint density at radius 2 is 1.88 bits per heavy atom. The van der Waals surface area contributed by atoms with Crippen molar-refractivity contribution in [3.63, 3.8) is 0 Å². The summed E-state index contributed by atoms with van der Waals surface area (Å²) in [5.41, 5.74) is 6.18. The summed E-state index contributed by atoms with van der Waals surface area (Å²) in [5.74, 6) is 0. The fraction of sp³-hybridized carbons (Fsp3) is 0.286. The van der Waals surface area contributed by atoms with Gasteiger partial charge in [-0.2, -0.15) is 5.10 Å². The SMILES string of the molecule is Cc1cc(C=O)ccc1-n1nc(C)c(C)c1C. The molecule has 0 aliphatic carbocycles. The van der Waals surface area contributed by atoms with Gasteiger partial charge in [0.25, 0.3) is 0 Å². The van der Waals surface area contributed by atoms with Crippen molar-refractivity contribution < 1.29 is 4.79 Å². The second-order valence-electron chi connectivity index (χ2n) is 4.37. The van der Waals surface area contributed by atoms with Crippen molar-refractivity contribution in [2.24, 2.45) is 0 Å². The molecule has 1 aromatic heterocycles. The quantitative estimate of drug-likeness (QED) is 0.741. The van der Waals surface area contributed by atoms with Crippen LogP contribution in [-0.4, -0.2) is 16.1 Å². The molecule has 1 aromatic carbocycles. The standard InChI is InChI=1S/C14H16N2O/c1-9-7-13(8-17)5-6-14(9)16-12(4)10(2)11(3)15-16/h5-8H,1-4H3. The van der Waals surface area contributed by atoms with Gasteiger partial charge in [-0.15, -0.1) is 0 Å². The fourth-order valence-corrected chi connectivity index (χ4v) is 1.94. The van der Waals surface area contributed by atoms with Crippen LogP contribution in [0.25, 0.3) is 5.69 Å². The molecule has 88 valence electrons. The first-order valence-corrected chi connectivity index (χ1v) is 5.63. The zero-order valence-corrected chi connectivity index (χ0v) is 10.6. The van der Waals surface area contributed by atoms with E-state index in [0.717, 1.165) is 28.9 Å². The zero-order valence-electron chi connectivity index (χ0n) is 10.6. The third-order valence-corrected chi connectivity index (χ3v) is 3.24. The van der Waals surface area contributed by atoms with Gasteiger partial charge in [0.2, 0.25) is 0 Å². The number of aromatic nitrogens is 2. The Morgan fingerprint density at radius 1 is 1.18 bits per heavy atom. The largest absolute Gasteiger partial charge is 0.298 e. The van der Waals surface area contributed by atoms with Gasteiger partial charge in [-0.25, -0.2) is 4.68 Å². The summed E-state index contributed by atoms with van der Waals surface area (Å²) in [6.45, 7) is 8.13. The van der Waals surface area contributed by atoms with E-state index in [0.29, 0.717) is 5.56 Å². The van der Waals surface area contributed by atoms with Gasteiger partial charge in [0, 0.05) is 11.3 Å². The first kappa shape index (κ1) is 11.6. The van der Waals surface area contributed by atoms with Crippen LogP contribution in [0.2, 0.25) is 0 Å². The van der Waals surface area contributed by atoms with Crippen LogP contribution >= 0.6 is 0 Å². The van der Waals surface area contributed by atoms with E-state index in [2.05, 4.69) is 18.9 Å². The average Bonchev–Trinajstić information content (AvgIpc) is 2.57. The van der Waals surface area contributed by atoms with Crippen molar-refractivity contribution in [2.45, 2.75) is 27.7 Å². The molecule has 0 spiro atoms. The lowest BCUT2D eigenvalue weighted by atomic mass is 10.1. The molecule has 0 saturated heterocycles. The summed E-state index contributed by atoms with van der Waals surface area (Å²) in [6, 6.07) is 5.65. The lowest BCUT2D eigenvalue weighted by Crippen LogP contribution is -2.02. The Balaban J connectivity index is 2.60. The monoisotopic (exact) mass is 228 g/mol. The number of aryl methyl sites for hydroxylation is 2. The number of benzene rings is 1. The van der Waals surface area contributed by atoms with Gasteiger partial charge in [0.15, 0.2) is 0 Å². The van der Waals surface area contributed by atoms with Gasteiger partial charge in [0.1, 0.15) is 6.29 Å². The van der Waals surface area contributed by atoms with Crippen molar-refractivity contribution in [3.8, 4) is 5.69 Å². The van der Waals surface area contributed by atoms with Crippen molar-refractivity contribution in [1.29, 1.82) is 0 Å². The van der Waals surface area contributed by atoms with Gasteiger partial charge in [0.05, 0.1) is 11.4 Å². The first-order valence-electron chi connectivity index (χ1n) is 5.63. The zero-order chi connectivity index (χ0) is 12.6. The molecule has 3 nitrogen and oxygen atoms in total. The molecule has 0 N–H and O–H groups in total. The summed E-state index contributed by atoms with van der Waals surface area (Å²) in [5, 5.41) is 4.52. The molecule has 0 aliphatic heterocycles. The molecule has 0 radical (unpaired) electrons. The number of hydrogen-bond acceptors (Lipinski definition) is 2. The van der Waals surface area contributed by atoms with Crippen LogP contribution in [0.1, 0.15) is 32.9 Å². The summed E-state index contributed by atoms with van der Waals surface area (Å²) in [7, 11) is 0. The molecule has 17 heavy (non-hydrogen) atoms. The van der Waals surface area contributed by atoms with Gasteiger partial charge in [-0.05, 0) is 57.0 Å². The van der Waals surface area contributed by atoms with Crippen LogP contribution in [-0.2, 0) is 0 Å². The lowest BCUT2D eigenvalue weighted by Gasteiger charge is -2.08. The molecule has 2 rings (SSSR count). The minimum atomic E-state index is 0.699. The van der Waals surface area contributed by atoms with Gasteiger partial charge < -0.3 is 0 Å². The molecule has 0 amide bonds. The minimum Gasteiger partial charge on any atom is -0.298 e. The highest BCUT2D eigenvalue weighted by atomic mass is 16.1. The number of carbonyl (C=O) groups excluding carboxylic acids is 1. The van der Waals surface area contributed by atoms with E-state index in [1.54, 1.807) is 0 Å². The lowest BCUT2D eigenvalue weighted by molar-refractivity contribution is 0.112. The van der Waals surface area contributed by atoms with E-state index in [-0.39, 0.29) is 0 Å². The topological polar surface area (TPSA) is 34.9 Å². The van der Waals surface area contributed by atoms with Crippen LogP contribution in [0, 0.1) is 27.7 Å². The Morgan fingerprint density at radius 3 is 2.35 bits per heavy atom. The highest BCUT2D eigenvalue weighted by Gasteiger charge is 2.10. The van der Waals surface area contributed by atoms with E-state index in [9.17, 15) is 4.79 Å². The highest BCUT2D eigenvalue weighted by Crippen LogP contribution is 2.20. The number of hydrogen-bond donors (Lipinski definition) is 0. The van der Waals surface area contributed by atoms with E-state index in [1.807, 2.05) is 36.7 Å². The maximum absolute atomic E-state index is 10.7. The maximum Gasteiger partial charge on any atom is 0.150 e. The van der Waals surface area contributed by atoms with Crippen LogP contribution < -0.4 is 0 Å². The van der Waals surface area contributed by atoms with Crippen LogP contribution in [0.4, 0.5) is 0 Å². The van der Waals surface area contributed by atoms with Gasteiger partial charge >= 0.3 is 0 Å². The number of rotatable bonds is 2. The van der Waals surface area contributed by atoms with Crippen molar-refractivity contribution in [2.75, 3.05) is 0 Å². The molecule has 0 bridgehead atoms. The highest BCUT2D eigenvalue weighted by molar-refractivity contribution is 5.75. The number of nitrogens with zero attached hydrogens (tertiary/aromatic N) is 2. The van der Waals surface area contributed by atoms with Crippen molar-refractivity contribution in [3.05, 3.63) is 46.3 Å². The fourth-order valence-electron chi connectivity index (χ4n) is 1.94. The predicted molar refractivity (Wildman–Crippen MR) is 67.9 cm³/mol. The normalized spacial score (nSPS) is 10.6. The number of carbonyl (C=O) groups is 1. The average molecular weight is 228 g/mol. The predicted octanol–water partition coefficient (Wildman–Crippen LogP) is 2.92. The molecule has 0 fully saturated rings. The van der Waals surface area contributed by atoms with E-state index >= 15 is 0 Å². The molecule has 3 heteroatoms. The molecule has 0 unspecified atom stereocenters. The second-order valence-corrected chi connectivity index (χ2v) is 4.37. The van der Waals surface area contributed by atoms with E-state index < -0.39 is 0 Å². The molecule has 2 aromatic rings. The summed E-state index contributed by atoms with van der Waals surface area (Å²) in [6.07, 6.45) is 0.864. The summed E-state index contributed by atoms with van der Waals surface area (Å²) in [4.78, 5) is 10.7. The van der Waals surface area contributed by atoms with Gasteiger partial charge in [-0.3, -0.25) is 4.79 Å². The molecular formula is C14H16N2O. The Kier molecular flexibility index (Phi) is 2.84. The maximum atomic E-state index is 10.7. The molecular weight excluding hydrogens is 212 g/mol. The Hall–Kier alpha value is -1.90. The molecule has 0 aliphatic rings. The molecule has 0 saturated carbocycles. The van der Waals surface area contributed by atoms with Crippen molar-refractivity contribution >= 4 is 6.29 Å². The number of aldehydes is 1.